The Bertz CT molecular complexity index is 464. The van der Waals surface area contributed by atoms with Crippen molar-refractivity contribution in [3.63, 3.8) is 0 Å². The second-order valence-electron chi connectivity index (χ2n) is 5.54. The predicted molar refractivity (Wildman–Crippen MR) is 78.3 cm³/mol. The predicted octanol–water partition coefficient (Wildman–Crippen LogP) is 1.49. The van der Waals surface area contributed by atoms with Crippen LogP contribution in [0.2, 0.25) is 0 Å². The lowest BCUT2D eigenvalue weighted by Gasteiger charge is -2.22. The topological polar surface area (TPSA) is 78.8 Å². The van der Waals surface area contributed by atoms with Gasteiger partial charge in [0, 0.05) is 26.2 Å². The third-order valence-corrected chi connectivity index (χ3v) is 3.20. The lowest BCUT2D eigenvalue weighted by atomic mass is 10.2. The van der Waals surface area contributed by atoms with E-state index in [1.807, 2.05) is 18.7 Å². The van der Waals surface area contributed by atoms with Gasteiger partial charge in [0.2, 0.25) is 5.95 Å². The maximum absolute atomic E-state index is 12.0. The Morgan fingerprint density at radius 3 is 2.67 bits per heavy atom. The molecule has 1 aliphatic heterocycles. The fourth-order valence-electron chi connectivity index (χ4n) is 2.11. The minimum atomic E-state index is -0.253. The van der Waals surface area contributed by atoms with Crippen LogP contribution >= 0.6 is 0 Å². The highest BCUT2D eigenvalue weighted by Crippen LogP contribution is 2.13. The van der Waals surface area contributed by atoms with Crippen molar-refractivity contribution in [3.05, 3.63) is 12.4 Å². The molecule has 0 saturated carbocycles. The molecule has 1 aromatic rings. The molecular formula is C14H22N4O3. The summed E-state index contributed by atoms with van der Waals surface area (Å²) in [5.74, 6) is 0.959. The van der Waals surface area contributed by atoms with Gasteiger partial charge in [-0.1, -0.05) is 13.8 Å². The number of carbonyl (C=O) groups is 1. The Balaban J connectivity index is 1.89. The smallest absolute Gasteiger partial charge is 0.409 e. The van der Waals surface area contributed by atoms with Gasteiger partial charge in [0.05, 0.1) is 19.0 Å². The van der Waals surface area contributed by atoms with Gasteiger partial charge in [-0.2, -0.15) is 0 Å². The molecule has 0 aromatic carbocycles. The van der Waals surface area contributed by atoms with Crippen molar-refractivity contribution in [2.24, 2.45) is 5.92 Å². The van der Waals surface area contributed by atoms with Gasteiger partial charge >= 0.3 is 6.09 Å². The van der Waals surface area contributed by atoms with Crippen molar-refractivity contribution < 1.29 is 14.6 Å². The second-order valence-corrected chi connectivity index (χ2v) is 5.54. The van der Waals surface area contributed by atoms with Crippen LogP contribution in [0.4, 0.5) is 10.7 Å². The fraction of sp³-hybridized carbons (Fsp3) is 0.643. The van der Waals surface area contributed by atoms with E-state index in [-0.39, 0.29) is 11.8 Å². The first-order chi connectivity index (χ1) is 10.1. The van der Waals surface area contributed by atoms with Crippen molar-refractivity contribution in [1.82, 2.24) is 14.9 Å². The van der Waals surface area contributed by atoms with Crippen molar-refractivity contribution in [2.45, 2.75) is 20.3 Å². The van der Waals surface area contributed by atoms with E-state index in [0.29, 0.717) is 38.1 Å². The molecule has 0 radical (unpaired) electrons. The minimum Gasteiger partial charge on any atom is -0.505 e. The van der Waals surface area contributed by atoms with Gasteiger partial charge in [0.1, 0.15) is 0 Å². The molecule has 1 saturated heterocycles. The average molecular weight is 294 g/mol. The molecule has 1 aromatic heterocycles. The zero-order valence-corrected chi connectivity index (χ0v) is 12.5. The van der Waals surface area contributed by atoms with Gasteiger partial charge in [-0.25, -0.2) is 14.8 Å². The molecule has 1 N–H and O–H groups in total. The van der Waals surface area contributed by atoms with E-state index in [2.05, 4.69) is 9.97 Å². The molecule has 7 heteroatoms. The minimum absolute atomic E-state index is 0.0486. The van der Waals surface area contributed by atoms with Crippen LogP contribution in [0.5, 0.6) is 5.75 Å². The number of aromatic nitrogens is 2. The number of hydrogen-bond acceptors (Lipinski definition) is 6. The number of carbonyl (C=O) groups excluding carboxylic acids is 1. The van der Waals surface area contributed by atoms with Crippen LogP contribution < -0.4 is 4.90 Å². The van der Waals surface area contributed by atoms with E-state index in [4.69, 9.17) is 4.74 Å². The third-order valence-electron chi connectivity index (χ3n) is 3.20. The van der Waals surface area contributed by atoms with Gasteiger partial charge in [0.15, 0.2) is 5.75 Å². The quantitative estimate of drug-likeness (QED) is 0.910. The van der Waals surface area contributed by atoms with Gasteiger partial charge < -0.3 is 19.6 Å². The molecule has 116 valence electrons. The molecule has 1 aliphatic rings. The largest absolute Gasteiger partial charge is 0.505 e. The first-order valence-electron chi connectivity index (χ1n) is 7.24. The van der Waals surface area contributed by atoms with Gasteiger partial charge in [-0.05, 0) is 12.3 Å². The lowest BCUT2D eigenvalue weighted by Crippen LogP contribution is -2.36. The monoisotopic (exact) mass is 294 g/mol. The maximum Gasteiger partial charge on any atom is 0.409 e. The number of ether oxygens (including phenoxy) is 1. The maximum atomic E-state index is 12.0. The number of amides is 1. The first kappa shape index (κ1) is 15.3. The molecule has 0 spiro atoms. The Labute approximate surface area is 124 Å². The Kier molecular flexibility index (Phi) is 5.19. The zero-order chi connectivity index (χ0) is 15.2. The lowest BCUT2D eigenvalue weighted by molar-refractivity contribution is 0.0943. The second kappa shape index (κ2) is 7.10. The number of nitrogens with zero attached hydrogens (tertiary/aromatic N) is 4. The molecule has 1 fully saturated rings. The van der Waals surface area contributed by atoms with Crippen molar-refractivity contribution >= 4 is 12.0 Å². The first-order valence-corrected chi connectivity index (χ1v) is 7.24. The number of rotatable bonds is 3. The average Bonchev–Trinajstić information content (AvgIpc) is 2.71. The van der Waals surface area contributed by atoms with E-state index in [0.717, 1.165) is 13.0 Å². The van der Waals surface area contributed by atoms with Crippen LogP contribution in [0.25, 0.3) is 0 Å². The van der Waals surface area contributed by atoms with Crippen LogP contribution in [0.3, 0.4) is 0 Å². The summed E-state index contributed by atoms with van der Waals surface area (Å²) < 4.78 is 5.26. The Hall–Kier alpha value is -2.05. The van der Waals surface area contributed by atoms with E-state index < -0.39 is 0 Å². The van der Waals surface area contributed by atoms with Gasteiger partial charge in [0.25, 0.3) is 0 Å². The summed E-state index contributed by atoms with van der Waals surface area (Å²) in [6.45, 7) is 7.16. The molecule has 0 aliphatic carbocycles. The number of anilines is 1. The molecule has 2 rings (SSSR count). The third kappa shape index (κ3) is 4.47. The summed E-state index contributed by atoms with van der Waals surface area (Å²) in [7, 11) is 0. The van der Waals surface area contributed by atoms with Crippen LogP contribution in [0.1, 0.15) is 20.3 Å². The Morgan fingerprint density at radius 2 is 2.00 bits per heavy atom. The molecule has 0 unspecified atom stereocenters. The van der Waals surface area contributed by atoms with Gasteiger partial charge in [-0.3, -0.25) is 0 Å². The molecule has 2 heterocycles. The van der Waals surface area contributed by atoms with Crippen LogP contribution in [-0.4, -0.2) is 58.9 Å². The SMILES string of the molecule is CC(C)COC(=O)N1CCCN(c2ncc(O)cn2)CC1. The number of aromatic hydroxyl groups is 1. The van der Waals surface area contributed by atoms with Crippen LogP contribution in [0, 0.1) is 5.92 Å². The highest BCUT2D eigenvalue weighted by molar-refractivity contribution is 5.67. The summed E-state index contributed by atoms with van der Waals surface area (Å²) in [6.07, 6.45) is 3.34. The summed E-state index contributed by atoms with van der Waals surface area (Å²) in [4.78, 5) is 23.9. The summed E-state index contributed by atoms with van der Waals surface area (Å²) in [6, 6.07) is 0. The molecule has 1 amide bonds. The highest BCUT2D eigenvalue weighted by Gasteiger charge is 2.21. The van der Waals surface area contributed by atoms with E-state index in [9.17, 15) is 9.90 Å². The molecule has 21 heavy (non-hydrogen) atoms. The molecule has 0 bridgehead atoms. The van der Waals surface area contributed by atoms with Crippen molar-refractivity contribution in [2.75, 3.05) is 37.7 Å². The normalized spacial score (nSPS) is 16.0. The summed E-state index contributed by atoms with van der Waals surface area (Å²) in [5, 5.41) is 9.22. The van der Waals surface area contributed by atoms with Gasteiger partial charge in [-0.15, -0.1) is 0 Å². The van der Waals surface area contributed by atoms with Crippen molar-refractivity contribution in [3.8, 4) is 5.75 Å². The van der Waals surface area contributed by atoms with E-state index in [1.54, 1.807) is 4.90 Å². The van der Waals surface area contributed by atoms with Crippen LogP contribution in [0.15, 0.2) is 12.4 Å². The summed E-state index contributed by atoms with van der Waals surface area (Å²) in [5.41, 5.74) is 0. The van der Waals surface area contributed by atoms with E-state index in [1.165, 1.54) is 12.4 Å². The fourth-order valence-corrected chi connectivity index (χ4v) is 2.11. The molecule has 0 atom stereocenters. The standard InChI is InChI=1S/C14H22N4O3/c1-11(2)10-21-14(20)18-5-3-4-17(6-7-18)13-15-8-12(19)9-16-13/h8-9,11,19H,3-7,10H2,1-2H3. The summed E-state index contributed by atoms with van der Waals surface area (Å²) >= 11 is 0. The van der Waals surface area contributed by atoms with Crippen molar-refractivity contribution in [1.29, 1.82) is 0 Å². The van der Waals surface area contributed by atoms with E-state index >= 15 is 0 Å². The number of hydrogen-bond donors (Lipinski definition) is 1. The van der Waals surface area contributed by atoms with Crippen LogP contribution in [-0.2, 0) is 4.74 Å². The Morgan fingerprint density at radius 1 is 1.29 bits per heavy atom. The zero-order valence-electron chi connectivity index (χ0n) is 12.5. The molecule has 7 nitrogen and oxygen atoms in total. The highest BCUT2D eigenvalue weighted by atomic mass is 16.6. The molecular weight excluding hydrogens is 272 g/mol.